The van der Waals surface area contributed by atoms with Crippen molar-refractivity contribution >= 4 is 35.5 Å². The van der Waals surface area contributed by atoms with Crippen molar-refractivity contribution in [1.29, 1.82) is 0 Å². The maximum atomic E-state index is 3.49. The molecule has 5 aromatic carbocycles. The fourth-order valence-corrected chi connectivity index (χ4v) is 11.3. The van der Waals surface area contributed by atoms with Crippen molar-refractivity contribution in [1.82, 2.24) is 0 Å². The normalized spacial score (nSPS) is 25.1. The molecule has 3 heteroatoms. The zero-order valence-electron chi connectivity index (χ0n) is 35.3. The molecule has 4 fully saturated rings. The van der Waals surface area contributed by atoms with E-state index in [4.69, 9.17) is 0 Å². The molecule has 0 spiro atoms. The van der Waals surface area contributed by atoms with Gasteiger partial charge in [0.15, 0.2) is 0 Å². The molecule has 5 aliphatic rings. The van der Waals surface area contributed by atoms with Crippen molar-refractivity contribution in [2.45, 2.75) is 119 Å². The number of halogens is 2. The van der Waals surface area contributed by atoms with Gasteiger partial charge in [-0.3, -0.25) is 6.08 Å². The Hall–Kier alpha value is -2.18. The summed E-state index contributed by atoms with van der Waals surface area (Å²) in [5.74, 6) is 4.68. The van der Waals surface area contributed by atoms with Crippen LogP contribution in [-0.2, 0) is 35.1 Å². The van der Waals surface area contributed by atoms with Gasteiger partial charge >= 0.3 is 93.2 Å². The Morgan fingerprint density at radius 1 is 0.709 bits per heavy atom. The third kappa shape index (κ3) is 8.81. The standard InChI is InChI=1S/C23H29.C17H23.C12H10.2ClH.Zr/c1-14-9-16-11-17-10-15(2)21(23(6,7)8)13-19(17)18(16)12-20(14)22(3,4)5;1-11-3-4-14(5-11)17(2)15-7-12-6-13(9-15)10-16(17)8-12;1-2-10-7-8-11-5-3-4-6-12(11)9-10;;;/h9-13H,1-8H3;4-5,11-13,15-16H,6-10H2,1-2H3;3-9H,1H3;2*1H;/q2*-1;;;;+2/p-2. The topological polar surface area (TPSA) is 0 Å². The van der Waals surface area contributed by atoms with E-state index in [0.29, 0.717) is 11.3 Å². The summed E-state index contributed by atoms with van der Waals surface area (Å²) in [6, 6.07) is 27.1. The molecular weight excluding hydrogens is 787 g/mol. The van der Waals surface area contributed by atoms with Crippen LogP contribution >= 0.6 is 0 Å². The molecule has 0 radical (unpaired) electrons. The molecule has 0 amide bonds. The first-order chi connectivity index (χ1) is 24.9. The summed E-state index contributed by atoms with van der Waals surface area (Å²) in [6.07, 6.45) is 15.9. The molecule has 5 aliphatic carbocycles. The Bertz CT molecular complexity index is 2140. The zero-order chi connectivity index (χ0) is 38.0. The van der Waals surface area contributed by atoms with Crippen LogP contribution in [-0.4, -0.2) is 3.21 Å². The van der Waals surface area contributed by atoms with Gasteiger partial charge in [0.1, 0.15) is 0 Å². The van der Waals surface area contributed by atoms with E-state index in [-0.39, 0.29) is 35.6 Å². The van der Waals surface area contributed by atoms with Crippen LogP contribution in [0.3, 0.4) is 0 Å². The second-order valence-electron chi connectivity index (χ2n) is 19.6. The van der Waals surface area contributed by atoms with E-state index in [1.54, 1.807) is 12.0 Å². The second-order valence-corrected chi connectivity index (χ2v) is 21.5. The average molecular weight is 849 g/mol. The number of hydrogen-bond donors (Lipinski definition) is 0. The SMILES string of the molecule is CC1[C-]=CC(C2(C)C3CC4CC(C3)CC2C4)=C1.C[C](=[Zr+2])c1ccc2ccccc2c1.Cc1cc2[cH-]c3cc(C)c(C(C)(C)C)cc3c2cc1C(C)(C)C.[Cl-].[Cl-]. The number of hydrogen-bond acceptors (Lipinski definition) is 0. The minimum absolute atomic E-state index is 0. The second kappa shape index (κ2) is 16.6. The summed E-state index contributed by atoms with van der Waals surface area (Å²) in [4.78, 5) is 0. The van der Waals surface area contributed by atoms with Gasteiger partial charge in [-0.15, -0.1) is 39.7 Å². The van der Waals surface area contributed by atoms with Crippen LogP contribution in [0.25, 0.3) is 32.3 Å². The summed E-state index contributed by atoms with van der Waals surface area (Å²) in [5.41, 5.74) is 9.58. The first-order valence-electron chi connectivity index (χ1n) is 20.4. The minimum Gasteiger partial charge on any atom is -1.00 e. The zero-order valence-corrected chi connectivity index (χ0v) is 39.2. The quantitative estimate of drug-likeness (QED) is 0.157. The van der Waals surface area contributed by atoms with Gasteiger partial charge in [-0.2, -0.15) is 11.6 Å². The predicted octanol–water partition coefficient (Wildman–Crippen LogP) is 8.24. The van der Waals surface area contributed by atoms with Crippen molar-refractivity contribution in [3.8, 4) is 0 Å². The van der Waals surface area contributed by atoms with Gasteiger partial charge in [0, 0.05) is 0 Å². The Kier molecular flexibility index (Phi) is 13.3. The van der Waals surface area contributed by atoms with Crippen molar-refractivity contribution in [3.05, 3.63) is 124 Å². The van der Waals surface area contributed by atoms with Gasteiger partial charge in [0.2, 0.25) is 0 Å². The Balaban J connectivity index is 0.000000161. The molecule has 0 aromatic heterocycles. The predicted molar refractivity (Wildman–Crippen MR) is 228 cm³/mol. The first kappa shape index (κ1) is 43.9. The largest absolute Gasteiger partial charge is 1.00 e. The third-order valence-electron chi connectivity index (χ3n) is 13.6. The molecule has 0 N–H and O–H groups in total. The van der Waals surface area contributed by atoms with E-state index in [9.17, 15) is 0 Å². The molecule has 0 saturated heterocycles. The first-order valence-corrected chi connectivity index (χ1v) is 21.7. The number of rotatable bonds is 2. The van der Waals surface area contributed by atoms with Crippen molar-refractivity contribution in [2.75, 3.05) is 0 Å². The molecule has 0 nitrogen and oxygen atoms in total. The van der Waals surface area contributed by atoms with Crippen LogP contribution in [0.2, 0.25) is 0 Å². The molecular formula is C52H62Cl2Zr-2. The van der Waals surface area contributed by atoms with E-state index in [0.717, 1.165) is 23.7 Å². The summed E-state index contributed by atoms with van der Waals surface area (Å²) < 4.78 is 1.46. The van der Waals surface area contributed by atoms with E-state index in [1.165, 1.54) is 113 Å². The van der Waals surface area contributed by atoms with Crippen molar-refractivity contribution in [3.63, 3.8) is 0 Å². The number of benzene rings is 4. The Morgan fingerprint density at radius 2 is 1.20 bits per heavy atom. The molecule has 0 heterocycles. The maximum Gasteiger partial charge on any atom is -0.0142 e. The molecule has 290 valence electrons. The van der Waals surface area contributed by atoms with Gasteiger partial charge in [-0.05, 0) is 80.5 Å². The smallest absolute Gasteiger partial charge is 0.0142 e. The Labute approximate surface area is 360 Å². The number of allylic oxidation sites excluding steroid dienone is 4. The van der Waals surface area contributed by atoms with E-state index >= 15 is 0 Å². The summed E-state index contributed by atoms with van der Waals surface area (Å²) in [5, 5.41) is 8.21. The molecule has 10 rings (SSSR count). The number of aryl methyl sites for hydroxylation is 2. The molecule has 4 saturated carbocycles. The van der Waals surface area contributed by atoms with Crippen LogP contribution < -0.4 is 24.8 Å². The fraction of sp³-hybridized carbons (Fsp3) is 0.462. The summed E-state index contributed by atoms with van der Waals surface area (Å²) >= 11 is 1.50. The Morgan fingerprint density at radius 3 is 1.64 bits per heavy atom. The van der Waals surface area contributed by atoms with Crippen LogP contribution in [0.5, 0.6) is 0 Å². The summed E-state index contributed by atoms with van der Waals surface area (Å²) in [6.45, 7) is 25.3. The number of fused-ring (bicyclic) bond motifs is 4. The van der Waals surface area contributed by atoms with Crippen LogP contribution in [0, 0.1) is 54.9 Å². The molecule has 4 bridgehead atoms. The van der Waals surface area contributed by atoms with Gasteiger partial charge in [-0.25, -0.2) is 6.08 Å². The van der Waals surface area contributed by atoms with Crippen LogP contribution in [0.15, 0.2) is 90.5 Å². The molecule has 1 unspecified atom stereocenters. The molecule has 0 aliphatic heterocycles. The van der Waals surface area contributed by atoms with Gasteiger partial charge in [-0.1, -0.05) is 101 Å². The monoisotopic (exact) mass is 846 g/mol. The van der Waals surface area contributed by atoms with Crippen LogP contribution in [0.4, 0.5) is 0 Å². The molecule has 1 atom stereocenters. The van der Waals surface area contributed by atoms with E-state index < -0.39 is 0 Å². The molecule has 5 aromatic rings. The van der Waals surface area contributed by atoms with Gasteiger partial charge < -0.3 is 24.8 Å². The third-order valence-corrected chi connectivity index (χ3v) is 14.3. The van der Waals surface area contributed by atoms with Crippen LogP contribution in [0.1, 0.15) is 122 Å². The average Bonchev–Trinajstić information content (AvgIpc) is 3.68. The fourth-order valence-electron chi connectivity index (χ4n) is 10.9. The van der Waals surface area contributed by atoms with Crippen molar-refractivity contribution < 1.29 is 49.0 Å². The van der Waals surface area contributed by atoms with E-state index in [1.807, 2.05) is 0 Å². The maximum absolute atomic E-state index is 3.49. The van der Waals surface area contributed by atoms with Gasteiger partial charge in [0.05, 0.1) is 0 Å². The minimum atomic E-state index is 0. The van der Waals surface area contributed by atoms with Crippen molar-refractivity contribution in [2.24, 2.45) is 35.0 Å². The van der Waals surface area contributed by atoms with E-state index in [2.05, 4.69) is 167 Å². The molecule has 55 heavy (non-hydrogen) atoms. The van der Waals surface area contributed by atoms with Gasteiger partial charge in [0.25, 0.3) is 0 Å². The summed E-state index contributed by atoms with van der Waals surface area (Å²) in [7, 11) is 0.